The molecule has 0 rings (SSSR count). The molecule has 0 saturated carbocycles. The van der Waals surface area contributed by atoms with Crippen molar-refractivity contribution in [3.8, 4) is 0 Å². The molecule has 0 unspecified atom stereocenters. The van der Waals surface area contributed by atoms with Crippen LogP contribution in [0, 0.1) is 0 Å². The minimum absolute atomic E-state index is 0.0102. The molecule has 0 aliphatic carbocycles. The predicted octanol–water partition coefficient (Wildman–Crippen LogP) is -0.634. The molecule has 21 heavy (non-hydrogen) atoms. The molecule has 124 valence electrons. The quantitative estimate of drug-likeness (QED) is 0.344. The monoisotopic (exact) mass is 306 g/mol. The van der Waals surface area contributed by atoms with Gasteiger partial charge < -0.3 is 30.4 Å². The molecule has 8 nitrogen and oxygen atoms in total. The molecule has 0 atom stereocenters. The molecule has 0 radical (unpaired) electrons. The topological polar surface area (TPSA) is 120 Å². The Morgan fingerprint density at radius 3 is 2.05 bits per heavy atom. The van der Waals surface area contributed by atoms with E-state index >= 15 is 0 Å². The van der Waals surface area contributed by atoms with Gasteiger partial charge in [-0.1, -0.05) is 0 Å². The molecule has 4 N–H and O–H groups in total. The second-order valence-corrected chi connectivity index (χ2v) is 4.22. The lowest BCUT2D eigenvalue weighted by Crippen LogP contribution is -2.25. The molecule has 0 aromatic carbocycles. The standard InChI is InChI=1S/C13H26N2O6/c14-4-7-20-9-11-21-10-8-19-6-1-5-15-12(16)2-3-13(17)18/h1-11,14H2,(H,15,16)(H,17,18). The highest BCUT2D eigenvalue weighted by atomic mass is 16.5. The van der Waals surface area contributed by atoms with E-state index < -0.39 is 5.97 Å². The third-order valence-electron chi connectivity index (χ3n) is 2.36. The third-order valence-corrected chi connectivity index (χ3v) is 2.36. The van der Waals surface area contributed by atoms with Gasteiger partial charge >= 0.3 is 5.97 Å². The lowest BCUT2D eigenvalue weighted by atomic mass is 10.3. The van der Waals surface area contributed by atoms with Crippen molar-refractivity contribution in [3.05, 3.63) is 0 Å². The first-order chi connectivity index (χ1) is 10.2. The fraction of sp³-hybridized carbons (Fsp3) is 0.846. The van der Waals surface area contributed by atoms with E-state index in [-0.39, 0.29) is 18.7 Å². The van der Waals surface area contributed by atoms with Gasteiger partial charge in [-0.2, -0.15) is 0 Å². The number of amides is 1. The molecule has 0 bridgehead atoms. The lowest BCUT2D eigenvalue weighted by Gasteiger charge is -2.07. The van der Waals surface area contributed by atoms with Crippen LogP contribution >= 0.6 is 0 Å². The summed E-state index contributed by atoms with van der Waals surface area (Å²) in [6.07, 6.45) is 0.545. The van der Waals surface area contributed by atoms with Gasteiger partial charge in [0.25, 0.3) is 0 Å². The van der Waals surface area contributed by atoms with Crippen molar-refractivity contribution in [2.24, 2.45) is 5.73 Å². The molecular weight excluding hydrogens is 280 g/mol. The molecule has 0 saturated heterocycles. The summed E-state index contributed by atoms with van der Waals surface area (Å²) in [6.45, 7) is 4.08. The number of hydrogen-bond donors (Lipinski definition) is 3. The van der Waals surface area contributed by atoms with Crippen molar-refractivity contribution in [2.45, 2.75) is 19.3 Å². The van der Waals surface area contributed by atoms with Gasteiger partial charge in [0.1, 0.15) is 0 Å². The van der Waals surface area contributed by atoms with Gasteiger partial charge in [-0.3, -0.25) is 9.59 Å². The Morgan fingerprint density at radius 1 is 0.905 bits per heavy atom. The van der Waals surface area contributed by atoms with Crippen LogP contribution in [0.1, 0.15) is 19.3 Å². The van der Waals surface area contributed by atoms with Crippen LogP contribution in [0.2, 0.25) is 0 Å². The number of nitrogens with one attached hydrogen (secondary N) is 1. The Balaban J connectivity index is 3.12. The number of hydrogen-bond acceptors (Lipinski definition) is 6. The first-order valence-electron chi connectivity index (χ1n) is 7.08. The summed E-state index contributed by atoms with van der Waals surface area (Å²) in [5.74, 6) is -1.22. The van der Waals surface area contributed by atoms with Crippen LogP contribution in [-0.2, 0) is 23.8 Å². The van der Waals surface area contributed by atoms with Crippen LogP contribution in [0.15, 0.2) is 0 Å². The zero-order valence-corrected chi connectivity index (χ0v) is 12.3. The minimum Gasteiger partial charge on any atom is -0.481 e. The number of carboxylic acid groups (broad SMARTS) is 1. The van der Waals surface area contributed by atoms with Gasteiger partial charge in [-0.25, -0.2) is 0 Å². The van der Waals surface area contributed by atoms with Gasteiger partial charge in [0.05, 0.1) is 39.5 Å². The number of carboxylic acids is 1. The van der Waals surface area contributed by atoms with Crippen molar-refractivity contribution in [2.75, 3.05) is 52.7 Å². The Bertz CT molecular complexity index is 275. The highest BCUT2D eigenvalue weighted by Gasteiger charge is 2.03. The van der Waals surface area contributed by atoms with Gasteiger partial charge in [0.2, 0.25) is 5.91 Å². The van der Waals surface area contributed by atoms with Crippen molar-refractivity contribution >= 4 is 11.9 Å². The highest BCUT2D eigenvalue weighted by molar-refractivity contribution is 5.80. The number of nitrogens with two attached hydrogens (primary N) is 1. The van der Waals surface area contributed by atoms with Crippen molar-refractivity contribution < 1.29 is 28.9 Å². The molecule has 0 aromatic rings. The molecule has 0 heterocycles. The predicted molar refractivity (Wildman–Crippen MR) is 76.0 cm³/mol. The zero-order valence-electron chi connectivity index (χ0n) is 12.3. The van der Waals surface area contributed by atoms with Crippen LogP contribution in [0.25, 0.3) is 0 Å². The Hall–Kier alpha value is -1.22. The molecule has 1 amide bonds. The highest BCUT2D eigenvalue weighted by Crippen LogP contribution is 1.89. The van der Waals surface area contributed by atoms with Gasteiger partial charge in [-0.15, -0.1) is 0 Å². The van der Waals surface area contributed by atoms with E-state index in [1.54, 1.807) is 0 Å². The SMILES string of the molecule is NCCOCCOCCOCCCNC(=O)CCC(=O)O. The third kappa shape index (κ3) is 16.7. The first kappa shape index (κ1) is 19.8. The van der Waals surface area contributed by atoms with E-state index in [2.05, 4.69) is 5.32 Å². The second kappa shape index (κ2) is 15.2. The summed E-state index contributed by atoms with van der Waals surface area (Å²) < 4.78 is 15.7. The molecule has 0 spiro atoms. The fourth-order valence-electron chi connectivity index (χ4n) is 1.34. The minimum atomic E-state index is -0.970. The van der Waals surface area contributed by atoms with Crippen LogP contribution in [-0.4, -0.2) is 69.7 Å². The Morgan fingerprint density at radius 2 is 1.48 bits per heavy atom. The van der Waals surface area contributed by atoms with Crippen LogP contribution in [0.3, 0.4) is 0 Å². The van der Waals surface area contributed by atoms with Crippen LogP contribution < -0.4 is 11.1 Å². The Kier molecular flexibility index (Phi) is 14.3. The number of carbonyl (C=O) groups excluding carboxylic acids is 1. The molecule has 0 aromatic heterocycles. The first-order valence-corrected chi connectivity index (χ1v) is 7.08. The van der Waals surface area contributed by atoms with Crippen molar-refractivity contribution in [1.82, 2.24) is 5.32 Å². The largest absolute Gasteiger partial charge is 0.481 e. The summed E-state index contributed by atoms with van der Waals surface area (Å²) in [4.78, 5) is 21.4. The van der Waals surface area contributed by atoms with Crippen molar-refractivity contribution in [1.29, 1.82) is 0 Å². The van der Waals surface area contributed by atoms with E-state index in [9.17, 15) is 9.59 Å². The average Bonchev–Trinajstić information content (AvgIpc) is 2.46. The molecule has 0 aliphatic rings. The smallest absolute Gasteiger partial charge is 0.303 e. The van der Waals surface area contributed by atoms with Crippen LogP contribution in [0.4, 0.5) is 0 Å². The van der Waals surface area contributed by atoms with Gasteiger partial charge in [0, 0.05) is 26.1 Å². The second-order valence-electron chi connectivity index (χ2n) is 4.22. The maximum absolute atomic E-state index is 11.2. The van der Waals surface area contributed by atoms with E-state index in [0.717, 1.165) is 0 Å². The summed E-state index contributed by atoms with van der Waals surface area (Å²) in [5, 5.41) is 11.0. The summed E-state index contributed by atoms with van der Waals surface area (Å²) >= 11 is 0. The lowest BCUT2D eigenvalue weighted by molar-refractivity contribution is -0.138. The van der Waals surface area contributed by atoms with E-state index in [1.165, 1.54) is 0 Å². The van der Waals surface area contributed by atoms with Crippen molar-refractivity contribution in [3.63, 3.8) is 0 Å². The number of rotatable bonds is 15. The zero-order chi connectivity index (χ0) is 15.8. The van der Waals surface area contributed by atoms with E-state index in [0.29, 0.717) is 59.2 Å². The summed E-state index contributed by atoms with van der Waals surface area (Å²) in [7, 11) is 0. The van der Waals surface area contributed by atoms with Gasteiger partial charge in [0.15, 0.2) is 0 Å². The maximum Gasteiger partial charge on any atom is 0.303 e. The van der Waals surface area contributed by atoms with Gasteiger partial charge in [-0.05, 0) is 6.42 Å². The molecular formula is C13H26N2O6. The molecule has 0 aliphatic heterocycles. The number of aliphatic carboxylic acids is 1. The van der Waals surface area contributed by atoms with E-state index in [1.807, 2.05) is 0 Å². The number of carbonyl (C=O) groups is 2. The fourth-order valence-corrected chi connectivity index (χ4v) is 1.34. The Labute approximate surface area is 124 Å². The summed E-state index contributed by atoms with van der Waals surface area (Å²) in [6, 6.07) is 0. The maximum atomic E-state index is 11.2. The number of ether oxygens (including phenoxy) is 3. The molecule has 8 heteroatoms. The van der Waals surface area contributed by atoms with Crippen LogP contribution in [0.5, 0.6) is 0 Å². The normalized spacial score (nSPS) is 10.5. The average molecular weight is 306 g/mol. The molecule has 0 fully saturated rings. The summed E-state index contributed by atoms with van der Waals surface area (Å²) in [5.41, 5.74) is 5.26. The van der Waals surface area contributed by atoms with E-state index in [4.69, 9.17) is 25.1 Å².